The van der Waals surface area contributed by atoms with E-state index >= 15 is 0 Å². The van der Waals surface area contributed by atoms with E-state index in [4.69, 9.17) is 0 Å². The van der Waals surface area contributed by atoms with Gasteiger partial charge in [0.05, 0.1) is 0 Å². The van der Waals surface area contributed by atoms with Crippen molar-refractivity contribution in [3.8, 4) is 0 Å². The molecule has 0 fully saturated rings. The van der Waals surface area contributed by atoms with Crippen LogP contribution in [-0.2, 0) is 131 Å². The average Bonchev–Trinajstić information content (AvgIpc) is 1.54. The Hall–Kier alpha value is 4.42. The Labute approximate surface area is 205 Å². The van der Waals surface area contributed by atoms with Gasteiger partial charge < -0.3 is 47.0 Å². The molecule has 0 aromatic heterocycles. The summed E-state index contributed by atoms with van der Waals surface area (Å²) < 4.78 is 0. The van der Waals surface area contributed by atoms with Crippen LogP contribution in [0.5, 0.6) is 0 Å². The SMILES string of the molecule is [CH2-]C([CH2-])C(C([CH2-])[CH2-])C(C)(C)C.[CH3-].[Y].[Y].[Y].[Y]. The van der Waals surface area contributed by atoms with Crippen molar-refractivity contribution in [2.75, 3.05) is 0 Å². The molecule has 4 heteroatoms. The van der Waals surface area contributed by atoms with E-state index in [9.17, 15) is 0 Å². The maximum atomic E-state index is 3.94. The molecule has 16 heavy (non-hydrogen) atoms. The van der Waals surface area contributed by atoms with Gasteiger partial charge in [-0.15, -0.1) is 5.92 Å². The van der Waals surface area contributed by atoms with Crippen LogP contribution < -0.4 is 0 Å². The fourth-order valence-electron chi connectivity index (χ4n) is 1.80. The molecule has 0 rings (SSSR count). The third kappa shape index (κ3) is 16.5. The monoisotopic (exact) mass is 523 g/mol. The Kier molecular flexibility index (Phi) is 40.4. The second-order valence-electron chi connectivity index (χ2n) is 4.41. The number of hydrogen-bond acceptors (Lipinski definition) is 0. The van der Waals surface area contributed by atoms with Crippen LogP contribution in [0, 0.1) is 58.3 Å². The van der Waals surface area contributed by atoms with E-state index in [-0.39, 0.29) is 156 Å². The maximum Gasteiger partial charge on any atom is 0 e. The zero-order chi connectivity index (χ0) is 9.23. The third-order valence-corrected chi connectivity index (χ3v) is 2.02. The van der Waals surface area contributed by atoms with Gasteiger partial charge in [-0.05, 0) is 5.41 Å². The predicted octanol–water partition coefficient (Wildman–Crippen LogP) is 3.66. The molecule has 88 valence electrons. The summed E-state index contributed by atoms with van der Waals surface area (Å²) in [6.07, 6.45) is 0. The van der Waals surface area contributed by atoms with Gasteiger partial charge in [0.25, 0.3) is 0 Å². The van der Waals surface area contributed by atoms with Crippen LogP contribution in [0.3, 0.4) is 0 Å². The van der Waals surface area contributed by atoms with Gasteiger partial charge in [0, 0.05) is 131 Å². The summed E-state index contributed by atoms with van der Waals surface area (Å²) in [5.74, 6) is 0.743. The van der Waals surface area contributed by atoms with Crippen molar-refractivity contribution in [3.05, 3.63) is 35.1 Å². The van der Waals surface area contributed by atoms with Crippen molar-refractivity contribution in [3.63, 3.8) is 0 Å². The van der Waals surface area contributed by atoms with Crippen molar-refractivity contribution in [2.45, 2.75) is 20.8 Å². The first-order valence-electron chi connectivity index (χ1n) is 4.09. The normalized spacial score (nSPS) is 9.38. The fourth-order valence-corrected chi connectivity index (χ4v) is 1.80. The van der Waals surface area contributed by atoms with Crippen molar-refractivity contribution in [2.24, 2.45) is 23.2 Å². The first-order valence-corrected chi connectivity index (χ1v) is 4.09. The second-order valence-corrected chi connectivity index (χ2v) is 4.41. The standard InChI is InChI=1S/C11H20.CH3.4Y/c1-8(2)10(9(3)4)11(5,6)7;;;;;/h8-10H,1-4H2,5-7H3;1H3;;;;/q-4;-1;;;;. The van der Waals surface area contributed by atoms with Gasteiger partial charge in [-0.25, -0.2) is 0 Å². The van der Waals surface area contributed by atoms with Gasteiger partial charge in [0.1, 0.15) is 0 Å². The molecule has 0 atom stereocenters. The van der Waals surface area contributed by atoms with Crippen LogP contribution in [0.2, 0.25) is 0 Å². The first kappa shape index (κ1) is 37.0. The Morgan fingerprint density at radius 1 is 0.688 bits per heavy atom. The van der Waals surface area contributed by atoms with E-state index in [1.54, 1.807) is 0 Å². The summed E-state index contributed by atoms with van der Waals surface area (Å²) in [7, 11) is 0. The molecule has 0 amide bonds. The molecule has 0 saturated carbocycles. The molecule has 0 aliphatic rings. The van der Waals surface area contributed by atoms with E-state index in [0.717, 1.165) is 0 Å². The van der Waals surface area contributed by atoms with Crippen LogP contribution in [-0.4, -0.2) is 0 Å². The smallest absolute Gasteiger partial charge is 0 e. The van der Waals surface area contributed by atoms with Crippen molar-refractivity contribution in [1.82, 2.24) is 0 Å². The topological polar surface area (TPSA) is 0 Å². The Morgan fingerprint density at radius 3 is 0.875 bits per heavy atom. The molecule has 0 nitrogen and oxygen atoms in total. The fraction of sp³-hybridized carbons (Fsp3) is 0.583. The molecule has 4 radical (unpaired) electrons. The summed E-state index contributed by atoms with van der Waals surface area (Å²) in [4.78, 5) is 0. The van der Waals surface area contributed by atoms with Crippen molar-refractivity contribution in [1.29, 1.82) is 0 Å². The molecule has 0 spiro atoms. The molecule has 0 aromatic carbocycles. The average molecular weight is 523 g/mol. The van der Waals surface area contributed by atoms with Crippen LogP contribution in [0.1, 0.15) is 20.8 Å². The molecular weight excluding hydrogens is 500 g/mol. The molecule has 0 N–H and O–H groups in total. The Morgan fingerprint density at radius 2 is 0.875 bits per heavy atom. The van der Waals surface area contributed by atoms with Crippen LogP contribution in [0.15, 0.2) is 0 Å². The zero-order valence-corrected chi connectivity index (χ0v) is 22.7. The summed E-state index contributed by atoms with van der Waals surface area (Å²) in [6.45, 7) is 22.3. The van der Waals surface area contributed by atoms with E-state index in [1.165, 1.54) is 0 Å². The van der Waals surface area contributed by atoms with Crippen LogP contribution in [0.25, 0.3) is 0 Å². The minimum absolute atomic E-state index is 0. The van der Waals surface area contributed by atoms with Crippen molar-refractivity contribution < 1.29 is 131 Å². The van der Waals surface area contributed by atoms with Gasteiger partial charge >= 0.3 is 0 Å². The predicted molar refractivity (Wildman–Crippen MR) is 57.8 cm³/mol. The summed E-state index contributed by atoms with van der Waals surface area (Å²) >= 11 is 0. The largest absolute Gasteiger partial charge is 0.369 e. The van der Waals surface area contributed by atoms with E-state index < -0.39 is 0 Å². The minimum atomic E-state index is 0. The van der Waals surface area contributed by atoms with Crippen LogP contribution >= 0.6 is 0 Å². The van der Waals surface area contributed by atoms with Gasteiger partial charge in [-0.3, -0.25) is 0 Å². The molecule has 0 aliphatic heterocycles. The van der Waals surface area contributed by atoms with Crippen LogP contribution in [0.4, 0.5) is 0 Å². The Bertz CT molecular complexity index is 109. The second kappa shape index (κ2) is 17.5. The summed E-state index contributed by atoms with van der Waals surface area (Å²) in [5, 5.41) is 0. The third-order valence-electron chi connectivity index (χ3n) is 2.02. The molecule has 0 heterocycles. The van der Waals surface area contributed by atoms with Gasteiger partial charge in [-0.2, -0.15) is 0 Å². The zero-order valence-electron chi connectivity index (χ0n) is 11.4. The number of hydrogen-bond donors (Lipinski definition) is 0. The first-order chi connectivity index (χ1) is 4.76. The van der Waals surface area contributed by atoms with Gasteiger partial charge in [0.2, 0.25) is 0 Å². The van der Waals surface area contributed by atoms with E-state index in [0.29, 0.717) is 5.92 Å². The number of rotatable bonds is 2. The molecular formula is C12H23Y4-5. The Balaban J connectivity index is -0.0000000500. The maximum absolute atomic E-state index is 3.94. The van der Waals surface area contributed by atoms with Crippen molar-refractivity contribution >= 4 is 0 Å². The summed E-state index contributed by atoms with van der Waals surface area (Å²) in [5.41, 5.74) is 0.211. The van der Waals surface area contributed by atoms with E-state index in [1.807, 2.05) is 0 Å². The molecule has 0 bridgehead atoms. The minimum Gasteiger partial charge on any atom is -0.369 e. The van der Waals surface area contributed by atoms with Gasteiger partial charge in [0.15, 0.2) is 0 Å². The molecule has 0 aliphatic carbocycles. The molecule has 0 unspecified atom stereocenters. The quantitative estimate of drug-likeness (QED) is 0.486. The molecule has 0 saturated heterocycles. The van der Waals surface area contributed by atoms with E-state index in [2.05, 4.69) is 48.5 Å². The van der Waals surface area contributed by atoms with Gasteiger partial charge in [-0.1, -0.05) is 20.8 Å². The summed E-state index contributed by atoms with van der Waals surface area (Å²) in [6, 6.07) is 0. The molecule has 0 aromatic rings.